The van der Waals surface area contributed by atoms with E-state index in [1.165, 1.54) is 17.9 Å². The molecule has 1 rings (SSSR count). The number of hydrogen-bond acceptors (Lipinski definition) is 5. The molecule has 1 atom stereocenters. The third-order valence-electron chi connectivity index (χ3n) is 3.39. The molecule has 0 aliphatic carbocycles. The van der Waals surface area contributed by atoms with Crippen LogP contribution >= 0.6 is 0 Å². The summed E-state index contributed by atoms with van der Waals surface area (Å²) in [5.74, 6) is -0.847. The summed E-state index contributed by atoms with van der Waals surface area (Å²) >= 11 is 0. The van der Waals surface area contributed by atoms with Gasteiger partial charge in [0.2, 0.25) is 0 Å². The highest BCUT2D eigenvalue weighted by Gasteiger charge is 2.46. The standard InChI is InChI=1S/C16H25NO5/c1-6-10-21-13(19)16(5)11-17(9-7-8-12(16)18)14(20)22-15(2,3)4/h6H,1,7-11H2,2-5H3. The van der Waals surface area contributed by atoms with Gasteiger partial charge in [-0.2, -0.15) is 0 Å². The molecule has 1 heterocycles. The maximum atomic E-state index is 12.3. The van der Waals surface area contributed by atoms with E-state index in [9.17, 15) is 14.4 Å². The van der Waals surface area contributed by atoms with Crippen molar-refractivity contribution in [2.24, 2.45) is 5.41 Å². The van der Waals surface area contributed by atoms with Gasteiger partial charge in [0.15, 0.2) is 5.78 Å². The summed E-state index contributed by atoms with van der Waals surface area (Å²) in [6.07, 6.45) is 1.65. The molecule has 6 nitrogen and oxygen atoms in total. The molecule has 0 aromatic rings. The number of esters is 1. The minimum Gasteiger partial charge on any atom is -0.461 e. The van der Waals surface area contributed by atoms with E-state index < -0.39 is 23.1 Å². The lowest BCUT2D eigenvalue weighted by Gasteiger charge is -2.31. The van der Waals surface area contributed by atoms with E-state index in [0.29, 0.717) is 13.0 Å². The molecule has 6 heteroatoms. The summed E-state index contributed by atoms with van der Waals surface area (Å²) in [5.41, 5.74) is -2.00. The van der Waals surface area contributed by atoms with E-state index in [1.54, 1.807) is 20.8 Å². The van der Waals surface area contributed by atoms with E-state index in [2.05, 4.69) is 6.58 Å². The number of ether oxygens (including phenoxy) is 2. The molecule has 0 N–H and O–H groups in total. The van der Waals surface area contributed by atoms with Crippen LogP contribution in [-0.2, 0) is 19.1 Å². The minimum absolute atomic E-state index is 0.0310. The van der Waals surface area contributed by atoms with Gasteiger partial charge < -0.3 is 14.4 Å². The number of likely N-dealkylation sites (tertiary alicyclic amines) is 1. The molecule has 22 heavy (non-hydrogen) atoms. The number of carbonyl (C=O) groups excluding carboxylic acids is 3. The Morgan fingerprint density at radius 2 is 2.05 bits per heavy atom. The predicted octanol–water partition coefficient (Wildman–Crippen LogP) is 2.32. The Bertz CT molecular complexity index is 466. The molecular formula is C16H25NO5. The van der Waals surface area contributed by atoms with Gasteiger partial charge >= 0.3 is 12.1 Å². The maximum absolute atomic E-state index is 12.3. The van der Waals surface area contributed by atoms with Crippen molar-refractivity contribution in [3.63, 3.8) is 0 Å². The summed E-state index contributed by atoms with van der Waals surface area (Å²) in [5, 5.41) is 0. The van der Waals surface area contributed by atoms with Crippen LogP contribution in [0.15, 0.2) is 12.7 Å². The second kappa shape index (κ2) is 6.94. The molecule has 1 unspecified atom stereocenters. The third kappa shape index (κ3) is 4.58. The highest BCUT2D eigenvalue weighted by molar-refractivity contribution is 6.04. The monoisotopic (exact) mass is 311 g/mol. The van der Waals surface area contributed by atoms with Crippen LogP contribution in [0, 0.1) is 5.41 Å². The van der Waals surface area contributed by atoms with Crippen molar-refractivity contribution < 1.29 is 23.9 Å². The van der Waals surface area contributed by atoms with Crippen LogP contribution < -0.4 is 0 Å². The first-order chi connectivity index (χ1) is 10.1. The van der Waals surface area contributed by atoms with Gasteiger partial charge in [0.25, 0.3) is 0 Å². The molecule has 1 fully saturated rings. The number of amides is 1. The van der Waals surface area contributed by atoms with Crippen LogP contribution in [0.25, 0.3) is 0 Å². The van der Waals surface area contributed by atoms with E-state index in [0.717, 1.165) is 0 Å². The van der Waals surface area contributed by atoms with Gasteiger partial charge in [-0.1, -0.05) is 12.7 Å². The number of ketones is 1. The zero-order valence-electron chi connectivity index (χ0n) is 13.8. The Hall–Kier alpha value is -1.85. The largest absolute Gasteiger partial charge is 0.461 e. The predicted molar refractivity (Wildman–Crippen MR) is 81.3 cm³/mol. The molecule has 1 amide bonds. The average molecular weight is 311 g/mol. The molecule has 0 saturated carbocycles. The Balaban J connectivity index is 2.92. The minimum atomic E-state index is -1.36. The topological polar surface area (TPSA) is 72.9 Å². The summed E-state index contributed by atoms with van der Waals surface area (Å²) in [6.45, 7) is 10.7. The SMILES string of the molecule is C=CCOC(=O)C1(C)CN(C(=O)OC(C)(C)C)CCCC1=O. The lowest BCUT2D eigenvalue weighted by molar-refractivity contribution is -0.158. The lowest BCUT2D eigenvalue weighted by atomic mass is 9.84. The van der Waals surface area contributed by atoms with E-state index in [4.69, 9.17) is 9.47 Å². The van der Waals surface area contributed by atoms with Crippen LogP contribution in [0.2, 0.25) is 0 Å². The van der Waals surface area contributed by atoms with E-state index in [1.807, 2.05) is 0 Å². The van der Waals surface area contributed by atoms with Crippen molar-refractivity contribution in [3.05, 3.63) is 12.7 Å². The summed E-state index contributed by atoms with van der Waals surface area (Å²) in [6, 6.07) is 0. The number of hydrogen-bond donors (Lipinski definition) is 0. The Morgan fingerprint density at radius 3 is 2.59 bits per heavy atom. The van der Waals surface area contributed by atoms with Crippen LogP contribution in [0.4, 0.5) is 4.79 Å². The van der Waals surface area contributed by atoms with Crippen LogP contribution in [0.3, 0.4) is 0 Å². The van der Waals surface area contributed by atoms with Crippen molar-refractivity contribution in [3.8, 4) is 0 Å². The molecular weight excluding hydrogens is 286 g/mol. The van der Waals surface area contributed by atoms with Crippen LogP contribution in [-0.4, -0.2) is 48.0 Å². The lowest BCUT2D eigenvalue weighted by Crippen LogP contribution is -2.48. The fourth-order valence-electron chi connectivity index (χ4n) is 2.21. The molecule has 0 aromatic carbocycles. The highest BCUT2D eigenvalue weighted by atomic mass is 16.6. The van der Waals surface area contributed by atoms with Gasteiger partial charge in [0.05, 0.1) is 0 Å². The van der Waals surface area contributed by atoms with Gasteiger partial charge in [-0.05, 0) is 34.1 Å². The quantitative estimate of drug-likeness (QED) is 0.454. The Morgan fingerprint density at radius 1 is 1.41 bits per heavy atom. The molecule has 0 aromatic heterocycles. The number of carbonyl (C=O) groups is 3. The van der Waals surface area contributed by atoms with Crippen LogP contribution in [0.5, 0.6) is 0 Å². The van der Waals surface area contributed by atoms with Crippen molar-refractivity contribution in [2.75, 3.05) is 19.7 Å². The fourth-order valence-corrected chi connectivity index (χ4v) is 2.21. The first kappa shape index (κ1) is 18.2. The molecule has 1 saturated heterocycles. The maximum Gasteiger partial charge on any atom is 0.410 e. The normalized spacial score (nSPS) is 22.7. The number of nitrogens with zero attached hydrogens (tertiary/aromatic N) is 1. The molecule has 0 spiro atoms. The Kier molecular flexibility index (Phi) is 5.74. The van der Waals surface area contributed by atoms with Crippen molar-refractivity contribution in [1.82, 2.24) is 4.90 Å². The molecule has 124 valence electrons. The highest BCUT2D eigenvalue weighted by Crippen LogP contribution is 2.28. The van der Waals surface area contributed by atoms with Crippen molar-refractivity contribution in [1.29, 1.82) is 0 Å². The van der Waals surface area contributed by atoms with Crippen molar-refractivity contribution >= 4 is 17.8 Å². The third-order valence-corrected chi connectivity index (χ3v) is 3.39. The molecule has 0 radical (unpaired) electrons. The zero-order chi connectivity index (χ0) is 17.0. The van der Waals surface area contributed by atoms with Gasteiger partial charge in [-0.15, -0.1) is 0 Å². The molecule has 1 aliphatic heterocycles. The first-order valence-electron chi connectivity index (χ1n) is 7.39. The fraction of sp³-hybridized carbons (Fsp3) is 0.688. The number of rotatable bonds is 3. The average Bonchev–Trinajstić information content (AvgIpc) is 2.55. The van der Waals surface area contributed by atoms with E-state index >= 15 is 0 Å². The zero-order valence-corrected chi connectivity index (χ0v) is 13.8. The van der Waals surface area contributed by atoms with Gasteiger partial charge in [0.1, 0.15) is 17.6 Å². The molecule has 1 aliphatic rings. The van der Waals surface area contributed by atoms with E-state index in [-0.39, 0.29) is 25.4 Å². The van der Waals surface area contributed by atoms with Gasteiger partial charge in [-0.3, -0.25) is 9.59 Å². The molecule has 0 bridgehead atoms. The second-order valence-electron chi connectivity index (χ2n) is 6.65. The first-order valence-corrected chi connectivity index (χ1v) is 7.39. The van der Waals surface area contributed by atoms with Gasteiger partial charge in [-0.25, -0.2) is 4.79 Å². The summed E-state index contributed by atoms with van der Waals surface area (Å²) in [7, 11) is 0. The van der Waals surface area contributed by atoms with Crippen molar-refractivity contribution in [2.45, 2.75) is 46.1 Å². The smallest absolute Gasteiger partial charge is 0.410 e. The van der Waals surface area contributed by atoms with Gasteiger partial charge in [0, 0.05) is 19.5 Å². The summed E-state index contributed by atoms with van der Waals surface area (Å²) in [4.78, 5) is 38.1. The summed E-state index contributed by atoms with van der Waals surface area (Å²) < 4.78 is 10.4. The second-order valence-corrected chi connectivity index (χ2v) is 6.65. The Labute approximate surface area is 131 Å². The number of Topliss-reactive ketones (excluding diaryl/α,β-unsaturated/α-hetero) is 1. The van der Waals surface area contributed by atoms with Crippen LogP contribution in [0.1, 0.15) is 40.5 Å².